The van der Waals surface area contributed by atoms with Crippen LogP contribution in [0.5, 0.6) is 5.75 Å². The normalized spacial score (nSPS) is 9.69. The lowest BCUT2D eigenvalue weighted by molar-refractivity contribution is -0.116. The van der Waals surface area contributed by atoms with E-state index < -0.39 is 0 Å². The Morgan fingerprint density at radius 3 is 2.69 bits per heavy atom. The zero-order valence-corrected chi connectivity index (χ0v) is 7.82. The molecule has 0 saturated heterocycles. The molecule has 0 aromatic heterocycles. The number of rotatable bonds is 2. The maximum Gasteiger partial charge on any atom is 0.223 e. The summed E-state index contributed by atoms with van der Waals surface area (Å²) in [6.07, 6.45) is 0. The highest BCUT2D eigenvalue weighted by atomic mass is 16.3. The molecule has 0 aliphatic heterocycles. The zero-order chi connectivity index (χ0) is 9.84. The first-order valence-corrected chi connectivity index (χ1v) is 4.22. The Morgan fingerprint density at radius 2 is 2.23 bits per heavy atom. The van der Waals surface area contributed by atoms with Crippen LogP contribution >= 0.6 is 0 Å². The minimum absolute atomic E-state index is 0.0203. The molecule has 0 aliphatic rings. The van der Waals surface area contributed by atoms with Crippen molar-refractivity contribution in [2.45, 2.75) is 13.8 Å². The number of amides is 1. The molecule has 3 heteroatoms. The third-order valence-electron chi connectivity index (χ3n) is 1.84. The second-order valence-corrected chi connectivity index (χ2v) is 2.78. The quantitative estimate of drug-likeness (QED) is 0.751. The Kier molecular flexibility index (Phi) is 2.90. The van der Waals surface area contributed by atoms with Gasteiger partial charge in [0.15, 0.2) is 0 Å². The molecule has 1 aromatic carbocycles. The third-order valence-corrected chi connectivity index (χ3v) is 1.84. The molecule has 1 rings (SSSR count). The first-order valence-electron chi connectivity index (χ1n) is 4.22. The van der Waals surface area contributed by atoms with Crippen molar-refractivity contribution in [3.8, 4) is 5.75 Å². The van der Waals surface area contributed by atoms with Crippen molar-refractivity contribution < 1.29 is 9.90 Å². The first-order chi connectivity index (χ1) is 6.15. The number of benzene rings is 1. The summed E-state index contributed by atoms with van der Waals surface area (Å²) in [5.41, 5.74) is 0.731. The molecule has 1 amide bonds. The molecule has 0 heterocycles. The van der Waals surface area contributed by atoms with E-state index in [1.165, 1.54) is 6.92 Å². The van der Waals surface area contributed by atoms with Crippen molar-refractivity contribution in [1.29, 1.82) is 0 Å². The SMILES string of the molecule is CCN(C(C)=O)c1cccc(O)c1. The van der Waals surface area contributed by atoms with Crippen molar-refractivity contribution in [3.63, 3.8) is 0 Å². The molecule has 1 aromatic rings. The Morgan fingerprint density at radius 1 is 1.54 bits per heavy atom. The van der Waals surface area contributed by atoms with E-state index in [1.807, 2.05) is 6.92 Å². The lowest BCUT2D eigenvalue weighted by Gasteiger charge is -2.18. The number of phenolic OH excluding ortho intramolecular Hbond substituents is 1. The van der Waals surface area contributed by atoms with Crippen LogP contribution in [0, 0.1) is 0 Å². The van der Waals surface area contributed by atoms with Gasteiger partial charge in [-0.2, -0.15) is 0 Å². The Hall–Kier alpha value is -1.51. The number of anilines is 1. The molecule has 3 nitrogen and oxygen atoms in total. The van der Waals surface area contributed by atoms with Crippen LogP contribution in [0.1, 0.15) is 13.8 Å². The molecular weight excluding hydrogens is 166 g/mol. The summed E-state index contributed by atoms with van der Waals surface area (Å²) in [5.74, 6) is 0.158. The standard InChI is InChI=1S/C10H13NO2/c1-3-11(8(2)12)9-5-4-6-10(13)7-9/h4-7,13H,3H2,1-2H3. The maximum absolute atomic E-state index is 11.1. The Balaban J connectivity index is 2.98. The highest BCUT2D eigenvalue weighted by Gasteiger charge is 2.08. The van der Waals surface area contributed by atoms with Crippen molar-refractivity contribution in [2.24, 2.45) is 0 Å². The number of nitrogens with zero attached hydrogens (tertiary/aromatic N) is 1. The fraction of sp³-hybridized carbons (Fsp3) is 0.300. The van der Waals surface area contributed by atoms with Crippen molar-refractivity contribution in [3.05, 3.63) is 24.3 Å². The molecular formula is C10H13NO2. The number of hydrogen-bond donors (Lipinski definition) is 1. The van der Waals surface area contributed by atoms with E-state index in [0.717, 1.165) is 5.69 Å². The summed E-state index contributed by atoms with van der Waals surface area (Å²) >= 11 is 0. The minimum Gasteiger partial charge on any atom is -0.508 e. The smallest absolute Gasteiger partial charge is 0.223 e. The number of phenols is 1. The van der Waals surface area contributed by atoms with Gasteiger partial charge in [-0.3, -0.25) is 4.79 Å². The van der Waals surface area contributed by atoms with Gasteiger partial charge in [-0.25, -0.2) is 0 Å². The van der Waals surface area contributed by atoms with Gasteiger partial charge in [-0.1, -0.05) is 6.07 Å². The molecule has 0 saturated carbocycles. The average Bonchev–Trinajstić information content (AvgIpc) is 2.04. The zero-order valence-electron chi connectivity index (χ0n) is 7.82. The highest BCUT2D eigenvalue weighted by Crippen LogP contribution is 2.19. The van der Waals surface area contributed by atoms with E-state index in [0.29, 0.717) is 6.54 Å². The van der Waals surface area contributed by atoms with E-state index in [2.05, 4.69) is 0 Å². The fourth-order valence-corrected chi connectivity index (χ4v) is 1.25. The highest BCUT2D eigenvalue weighted by molar-refractivity contribution is 5.91. The monoisotopic (exact) mass is 179 g/mol. The molecule has 1 N–H and O–H groups in total. The van der Waals surface area contributed by atoms with Crippen LogP contribution in [0.3, 0.4) is 0 Å². The van der Waals surface area contributed by atoms with Crippen LogP contribution in [0.25, 0.3) is 0 Å². The molecule has 0 atom stereocenters. The van der Waals surface area contributed by atoms with Gasteiger partial charge in [-0.15, -0.1) is 0 Å². The predicted octanol–water partition coefficient (Wildman–Crippen LogP) is 1.76. The fourth-order valence-electron chi connectivity index (χ4n) is 1.25. The van der Waals surface area contributed by atoms with Crippen molar-refractivity contribution in [1.82, 2.24) is 0 Å². The van der Waals surface area contributed by atoms with Crippen LogP contribution in [-0.4, -0.2) is 17.6 Å². The Bertz CT molecular complexity index is 310. The summed E-state index contributed by atoms with van der Waals surface area (Å²) in [6, 6.07) is 6.67. The van der Waals surface area contributed by atoms with Crippen LogP contribution in [0.4, 0.5) is 5.69 Å². The van der Waals surface area contributed by atoms with Gasteiger partial charge in [0.2, 0.25) is 5.91 Å². The molecule has 0 bridgehead atoms. The van der Waals surface area contributed by atoms with Gasteiger partial charge in [-0.05, 0) is 19.1 Å². The van der Waals surface area contributed by atoms with Gasteiger partial charge < -0.3 is 10.0 Å². The lowest BCUT2D eigenvalue weighted by Crippen LogP contribution is -2.27. The van der Waals surface area contributed by atoms with Crippen LogP contribution in [0.2, 0.25) is 0 Å². The molecule has 0 radical (unpaired) electrons. The number of aromatic hydroxyl groups is 1. The summed E-state index contributed by atoms with van der Waals surface area (Å²) in [4.78, 5) is 12.7. The van der Waals surface area contributed by atoms with Crippen LogP contribution in [0.15, 0.2) is 24.3 Å². The van der Waals surface area contributed by atoms with Crippen molar-refractivity contribution in [2.75, 3.05) is 11.4 Å². The number of hydrogen-bond acceptors (Lipinski definition) is 2. The van der Waals surface area contributed by atoms with Crippen LogP contribution < -0.4 is 4.90 Å². The molecule has 0 unspecified atom stereocenters. The maximum atomic E-state index is 11.1. The van der Waals surface area contributed by atoms with E-state index in [1.54, 1.807) is 29.2 Å². The molecule has 70 valence electrons. The van der Waals surface area contributed by atoms with E-state index in [4.69, 9.17) is 0 Å². The summed E-state index contributed by atoms with van der Waals surface area (Å²) in [7, 11) is 0. The topological polar surface area (TPSA) is 40.5 Å². The predicted molar refractivity (Wildman–Crippen MR) is 51.8 cm³/mol. The lowest BCUT2D eigenvalue weighted by atomic mass is 10.2. The summed E-state index contributed by atoms with van der Waals surface area (Å²) in [6.45, 7) is 4.01. The second kappa shape index (κ2) is 3.94. The third kappa shape index (κ3) is 2.21. The second-order valence-electron chi connectivity index (χ2n) is 2.78. The molecule has 0 aliphatic carbocycles. The first kappa shape index (κ1) is 9.58. The number of carbonyl (C=O) groups is 1. The van der Waals surface area contributed by atoms with Gasteiger partial charge in [0.1, 0.15) is 5.75 Å². The molecule has 13 heavy (non-hydrogen) atoms. The van der Waals surface area contributed by atoms with Gasteiger partial charge >= 0.3 is 0 Å². The van der Waals surface area contributed by atoms with Crippen LogP contribution in [-0.2, 0) is 4.79 Å². The largest absolute Gasteiger partial charge is 0.508 e. The van der Waals surface area contributed by atoms with Gasteiger partial charge in [0.25, 0.3) is 0 Å². The average molecular weight is 179 g/mol. The van der Waals surface area contributed by atoms with Gasteiger partial charge in [0, 0.05) is 25.2 Å². The molecule has 0 fully saturated rings. The van der Waals surface area contributed by atoms with E-state index in [-0.39, 0.29) is 11.7 Å². The van der Waals surface area contributed by atoms with Gasteiger partial charge in [0.05, 0.1) is 0 Å². The van der Waals surface area contributed by atoms with E-state index >= 15 is 0 Å². The van der Waals surface area contributed by atoms with E-state index in [9.17, 15) is 9.90 Å². The van der Waals surface area contributed by atoms with Crippen molar-refractivity contribution >= 4 is 11.6 Å². The summed E-state index contributed by atoms with van der Waals surface area (Å²) in [5, 5.41) is 9.20. The minimum atomic E-state index is -0.0203. The summed E-state index contributed by atoms with van der Waals surface area (Å²) < 4.78 is 0. The Labute approximate surface area is 77.6 Å². The molecule has 0 spiro atoms. The number of carbonyl (C=O) groups excluding carboxylic acids is 1.